The summed E-state index contributed by atoms with van der Waals surface area (Å²) in [4.78, 5) is 22.8. The monoisotopic (exact) mass is 356 g/mol. The molecule has 0 radical (unpaired) electrons. The minimum absolute atomic E-state index is 0.0449. The molecule has 2 aliphatic heterocycles. The fourth-order valence-corrected chi connectivity index (χ4v) is 3.89. The van der Waals surface area contributed by atoms with E-state index in [1.807, 2.05) is 17.9 Å². The van der Waals surface area contributed by atoms with Crippen molar-refractivity contribution in [1.29, 1.82) is 0 Å². The van der Waals surface area contributed by atoms with Crippen LogP contribution in [-0.4, -0.2) is 52.1 Å². The molecule has 2 atom stereocenters. The number of carbonyl (C=O) groups is 1. The number of anilines is 1. The summed E-state index contributed by atoms with van der Waals surface area (Å²) in [6.45, 7) is 3.86. The van der Waals surface area contributed by atoms with Gasteiger partial charge in [-0.1, -0.05) is 0 Å². The number of hydrogen-bond donors (Lipinski definition) is 1. The Bertz CT molecular complexity index is 763. The Kier molecular flexibility index (Phi) is 4.63. The number of aromatic nitrogens is 2. The summed E-state index contributed by atoms with van der Waals surface area (Å²) in [7, 11) is 0. The third-order valence-corrected chi connectivity index (χ3v) is 5.18. The van der Waals surface area contributed by atoms with Crippen LogP contribution in [0.1, 0.15) is 42.0 Å². The molecule has 7 heteroatoms. The third kappa shape index (κ3) is 3.58. The summed E-state index contributed by atoms with van der Waals surface area (Å²) >= 11 is 0. The van der Waals surface area contributed by atoms with Crippen LogP contribution in [0.4, 0.5) is 5.95 Å². The molecule has 1 amide bonds. The lowest BCUT2D eigenvalue weighted by molar-refractivity contribution is -0.114. The van der Waals surface area contributed by atoms with Crippen LogP contribution in [0.25, 0.3) is 0 Å². The number of rotatable bonds is 4. The van der Waals surface area contributed by atoms with Crippen molar-refractivity contribution in [2.24, 2.45) is 0 Å². The van der Waals surface area contributed by atoms with Gasteiger partial charge in [0.15, 0.2) is 5.76 Å². The minimum atomic E-state index is -0.237. The van der Waals surface area contributed by atoms with Crippen molar-refractivity contribution in [3.63, 3.8) is 0 Å². The van der Waals surface area contributed by atoms with Gasteiger partial charge in [0.25, 0.3) is 5.91 Å². The van der Waals surface area contributed by atoms with Crippen molar-refractivity contribution < 1.29 is 13.9 Å². The highest BCUT2D eigenvalue weighted by Gasteiger charge is 2.44. The van der Waals surface area contributed by atoms with E-state index in [0.717, 1.165) is 31.4 Å². The number of ether oxygens (including phenoxy) is 1. The molecule has 4 rings (SSSR count). The lowest BCUT2D eigenvalue weighted by Crippen LogP contribution is -2.45. The molecule has 0 bridgehead atoms. The van der Waals surface area contributed by atoms with Crippen molar-refractivity contribution in [3.8, 4) is 0 Å². The van der Waals surface area contributed by atoms with E-state index >= 15 is 0 Å². The highest BCUT2D eigenvalue weighted by atomic mass is 16.5. The lowest BCUT2D eigenvalue weighted by atomic mass is 9.90. The van der Waals surface area contributed by atoms with E-state index in [1.165, 1.54) is 0 Å². The Morgan fingerprint density at radius 2 is 2.19 bits per heavy atom. The number of furan rings is 1. The van der Waals surface area contributed by atoms with Gasteiger partial charge in [0.05, 0.1) is 18.2 Å². The summed E-state index contributed by atoms with van der Waals surface area (Å²) in [6, 6.07) is 5.36. The molecular weight excluding hydrogens is 332 g/mol. The van der Waals surface area contributed by atoms with Crippen molar-refractivity contribution in [1.82, 2.24) is 14.9 Å². The fraction of sp³-hybridized carbons (Fsp3) is 0.526. The molecule has 1 spiro atoms. The summed E-state index contributed by atoms with van der Waals surface area (Å²) in [6.07, 6.45) is 7.51. The quantitative estimate of drug-likeness (QED) is 0.907. The van der Waals surface area contributed by atoms with Gasteiger partial charge in [0.2, 0.25) is 5.95 Å². The van der Waals surface area contributed by atoms with Crippen LogP contribution in [0, 0.1) is 6.92 Å². The first kappa shape index (κ1) is 17.0. The number of likely N-dealkylation sites (tertiary alicyclic amines) is 1. The van der Waals surface area contributed by atoms with Gasteiger partial charge in [-0.25, -0.2) is 9.97 Å². The molecule has 1 N–H and O–H groups in total. The van der Waals surface area contributed by atoms with Crippen LogP contribution in [0.15, 0.2) is 35.0 Å². The van der Waals surface area contributed by atoms with Crippen LogP contribution in [0.3, 0.4) is 0 Å². The predicted molar refractivity (Wildman–Crippen MR) is 95.9 cm³/mol. The number of amides is 1. The molecule has 0 unspecified atom stereocenters. The van der Waals surface area contributed by atoms with E-state index in [1.54, 1.807) is 24.5 Å². The van der Waals surface area contributed by atoms with Gasteiger partial charge in [0.1, 0.15) is 5.76 Å². The van der Waals surface area contributed by atoms with E-state index in [0.29, 0.717) is 31.3 Å². The molecule has 0 aliphatic carbocycles. The highest BCUT2D eigenvalue weighted by Crippen LogP contribution is 2.37. The molecule has 138 valence electrons. The Morgan fingerprint density at radius 3 is 2.96 bits per heavy atom. The van der Waals surface area contributed by atoms with Crippen LogP contribution in [-0.2, 0) is 4.74 Å². The number of hydrogen-bond acceptors (Lipinski definition) is 6. The Hall–Kier alpha value is -2.41. The molecule has 2 aliphatic rings. The zero-order valence-corrected chi connectivity index (χ0v) is 15.0. The summed E-state index contributed by atoms with van der Waals surface area (Å²) < 4.78 is 11.9. The predicted octanol–water partition coefficient (Wildman–Crippen LogP) is 2.64. The maximum atomic E-state index is 12.6. The van der Waals surface area contributed by atoms with E-state index in [9.17, 15) is 4.79 Å². The largest absolute Gasteiger partial charge is 0.456 e. The maximum absolute atomic E-state index is 12.6. The number of nitrogens with one attached hydrogen (secondary N) is 1. The molecule has 2 fully saturated rings. The second-order valence-corrected chi connectivity index (χ2v) is 7.16. The first-order valence-electron chi connectivity index (χ1n) is 9.18. The Morgan fingerprint density at radius 1 is 1.35 bits per heavy atom. The number of carbonyl (C=O) groups excluding carboxylic acids is 1. The van der Waals surface area contributed by atoms with E-state index in [2.05, 4.69) is 15.3 Å². The molecule has 2 saturated heterocycles. The minimum Gasteiger partial charge on any atom is -0.456 e. The van der Waals surface area contributed by atoms with E-state index in [4.69, 9.17) is 9.15 Å². The second-order valence-electron chi connectivity index (χ2n) is 7.16. The van der Waals surface area contributed by atoms with Crippen molar-refractivity contribution >= 4 is 11.9 Å². The van der Waals surface area contributed by atoms with Gasteiger partial charge in [0, 0.05) is 25.5 Å². The standard InChI is InChI=1S/C19H24N4O3/c1-14-5-6-16(25-14)17(24)23-11-8-19(13-23)7-2-4-15(26-19)12-22-18-20-9-3-10-21-18/h3,5-6,9-10,15H,2,4,7-8,11-13H2,1H3,(H,20,21,22)/t15-,19-/m1/s1. The maximum Gasteiger partial charge on any atom is 0.289 e. The molecule has 0 aromatic carbocycles. The van der Waals surface area contributed by atoms with Crippen LogP contribution in [0.2, 0.25) is 0 Å². The smallest absolute Gasteiger partial charge is 0.289 e. The van der Waals surface area contributed by atoms with Crippen LogP contribution in [0.5, 0.6) is 0 Å². The average Bonchev–Trinajstić information content (AvgIpc) is 3.27. The summed E-state index contributed by atoms with van der Waals surface area (Å²) in [5, 5.41) is 3.24. The number of aryl methyl sites for hydroxylation is 1. The molecule has 0 saturated carbocycles. The molecule has 7 nitrogen and oxygen atoms in total. The zero-order valence-electron chi connectivity index (χ0n) is 15.0. The average molecular weight is 356 g/mol. The van der Waals surface area contributed by atoms with Crippen molar-refractivity contribution in [3.05, 3.63) is 42.1 Å². The van der Waals surface area contributed by atoms with Gasteiger partial charge in [-0.15, -0.1) is 0 Å². The van der Waals surface area contributed by atoms with Crippen molar-refractivity contribution in [2.45, 2.75) is 44.3 Å². The Labute approximate surface area is 152 Å². The van der Waals surface area contributed by atoms with Crippen LogP contribution >= 0.6 is 0 Å². The topological polar surface area (TPSA) is 80.5 Å². The zero-order chi connectivity index (χ0) is 18.0. The number of nitrogens with zero attached hydrogens (tertiary/aromatic N) is 3. The molecule has 2 aromatic rings. The summed E-state index contributed by atoms with van der Waals surface area (Å²) in [5.74, 6) is 1.74. The molecular formula is C19H24N4O3. The first-order valence-corrected chi connectivity index (χ1v) is 9.18. The summed E-state index contributed by atoms with van der Waals surface area (Å²) in [5.41, 5.74) is -0.237. The van der Waals surface area contributed by atoms with Gasteiger partial charge in [-0.05, 0) is 50.8 Å². The van der Waals surface area contributed by atoms with Gasteiger partial charge < -0.3 is 19.4 Å². The van der Waals surface area contributed by atoms with E-state index < -0.39 is 0 Å². The fourth-order valence-electron chi connectivity index (χ4n) is 3.89. The molecule has 2 aromatic heterocycles. The Balaban J connectivity index is 1.35. The highest BCUT2D eigenvalue weighted by molar-refractivity contribution is 5.91. The van der Waals surface area contributed by atoms with Gasteiger partial charge >= 0.3 is 0 Å². The van der Waals surface area contributed by atoms with Crippen LogP contribution < -0.4 is 5.32 Å². The second kappa shape index (κ2) is 7.07. The lowest BCUT2D eigenvalue weighted by Gasteiger charge is -2.38. The van der Waals surface area contributed by atoms with Gasteiger partial charge in [-0.2, -0.15) is 0 Å². The van der Waals surface area contributed by atoms with E-state index in [-0.39, 0.29) is 17.6 Å². The van der Waals surface area contributed by atoms with Gasteiger partial charge in [-0.3, -0.25) is 4.79 Å². The van der Waals surface area contributed by atoms with Crippen molar-refractivity contribution in [2.75, 3.05) is 25.0 Å². The third-order valence-electron chi connectivity index (χ3n) is 5.18. The molecule has 4 heterocycles. The molecule has 26 heavy (non-hydrogen) atoms. The first-order chi connectivity index (χ1) is 12.6. The SMILES string of the molecule is Cc1ccc(C(=O)N2CC[C@]3(CCC[C@H](CNc4ncccn4)O3)C2)o1. The normalized spacial score (nSPS) is 25.6.